The molecule has 0 unspecified atom stereocenters. The van der Waals surface area contributed by atoms with Crippen molar-refractivity contribution in [3.05, 3.63) is 106 Å². The maximum Gasteiger partial charge on any atom is 0.338 e. The highest BCUT2D eigenvalue weighted by Gasteiger charge is 2.11. The van der Waals surface area contributed by atoms with Crippen LogP contribution in [-0.4, -0.2) is 19.2 Å². The molecule has 0 saturated heterocycles. The van der Waals surface area contributed by atoms with Gasteiger partial charge < -0.3 is 18.6 Å². The molecule has 4 rings (SSSR count). The van der Waals surface area contributed by atoms with Crippen LogP contribution in [0.4, 0.5) is 0 Å². The van der Waals surface area contributed by atoms with E-state index < -0.39 is 5.97 Å². The van der Waals surface area contributed by atoms with Crippen molar-refractivity contribution in [1.82, 2.24) is 0 Å². The fraction of sp³-hybridized carbons (Fsp3) is 0.111. The van der Waals surface area contributed by atoms with E-state index in [4.69, 9.17) is 18.6 Å². The van der Waals surface area contributed by atoms with Gasteiger partial charge in [-0.2, -0.15) is 0 Å². The molecule has 0 N–H and O–H groups in total. The molecule has 0 spiro atoms. The molecular weight excluding hydrogens is 420 g/mol. The highest BCUT2D eigenvalue weighted by Crippen LogP contribution is 2.24. The fourth-order valence-corrected chi connectivity index (χ4v) is 3.14. The summed E-state index contributed by atoms with van der Waals surface area (Å²) in [6.45, 7) is 2.42. The molecule has 1 aromatic heterocycles. The molecule has 166 valence electrons. The summed E-state index contributed by atoms with van der Waals surface area (Å²) >= 11 is 0. The first-order valence-corrected chi connectivity index (χ1v) is 10.5. The van der Waals surface area contributed by atoms with Gasteiger partial charge in [0.1, 0.15) is 30.0 Å². The largest absolute Gasteiger partial charge is 0.489 e. The molecular formula is C27H22O6. The molecule has 0 saturated carbocycles. The zero-order chi connectivity index (χ0) is 23.0. The van der Waals surface area contributed by atoms with E-state index in [-0.39, 0.29) is 11.2 Å². The van der Waals surface area contributed by atoms with Crippen molar-refractivity contribution in [1.29, 1.82) is 0 Å². The summed E-state index contributed by atoms with van der Waals surface area (Å²) in [5.74, 6) is 0.625. The number of rotatable bonds is 8. The molecule has 33 heavy (non-hydrogen) atoms. The van der Waals surface area contributed by atoms with Gasteiger partial charge >= 0.3 is 5.97 Å². The van der Waals surface area contributed by atoms with Crippen LogP contribution in [0.15, 0.2) is 94.3 Å². The zero-order valence-corrected chi connectivity index (χ0v) is 18.0. The molecule has 0 atom stereocenters. The lowest BCUT2D eigenvalue weighted by atomic mass is 10.2. The standard InChI is InChI=1S/C27H22O6/c1-2-30-27(29)20-10-12-21(13-11-20)33-25-18-32-24-17-22(14-15-23(24)26(25)28)31-16-6-9-19-7-4-3-5-8-19/h3-15,17-18H,2,16H2,1H3/b9-6+. The predicted molar refractivity (Wildman–Crippen MR) is 126 cm³/mol. The molecule has 0 fully saturated rings. The average Bonchev–Trinajstić information content (AvgIpc) is 2.85. The van der Waals surface area contributed by atoms with Gasteiger partial charge in [0, 0.05) is 6.07 Å². The maximum absolute atomic E-state index is 12.8. The molecule has 0 aliphatic heterocycles. The molecule has 4 aromatic rings. The molecule has 0 amide bonds. The summed E-state index contributed by atoms with van der Waals surface area (Å²) in [6.07, 6.45) is 5.16. The second-order valence-electron chi connectivity index (χ2n) is 7.06. The lowest BCUT2D eigenvalue weighted by Gasteiger charge is -2.08. The van der Waals surface area contributed by atoms with Crippen LogP contribution in [0.3, 0.4) is 0 Å². The Bertz CT molecular complexity index is 1320. The highest BCUT2D eigenvalue weighted by molar-refractivity contribution is 5.89. The summed E-state index contributed by atoms with van der Waals surface area (Å²) in [5, 5.41) is 0.378. The van der Waals surface area contributed by atoms with E-state index >= 15 is 0 Å². The van der Waals surface area contributed by atoms with Crippen molar-refractivity contribution < 1.29 is 23.4 Å². The van der Waals surface area contributed by atoms with E-state index in [2.05, 4.69) is 0 Å². The summed E-state index contributed by atoms with van der Waals surface area (Å²) in [7, 11) is 0. The smallest absolute Gasteiger partial charge is 0.338 e. The van der Waals surface area contributed by atoms with Gasteiger partial charge in [-0.15, -0.1) is 0 Å². The van der Waals surface area contributed by atoms with Gasteiger partial charge in [-0.25, -0.2) is 4.79 Å². The van der Waals surface area contributed by atoms with Gasteiger partial charge in [-0.3, -0.25) is 4.79 Å². The SMILES string of the molecule is CCOC(=O)c1ccc(Oc2coc3cc(OC/C=C/c4ccccc4)ccc3c2=O)cc1. The Balaban J connectivity index is 1.44. The van der Waals surface area contributed by atoms with Gasteiger partial charge in [-0.05, 0) is 55.0 Å². The van der Waals surface area contributed by atoms with Crippen LogP contribution in [0.5, 0.6) is 17.2 Å². The first-order valence-electron chi connectivity index (χ1n) is 10.5. The van der Waals surface area contributed by atoms with Crippen molar-refractivity contribution in [2.24, 2.45) is 0 Å². The van der Waals surface area contributed by atoms with E-state index in [1.54, 1.807) is 49.4 Å². The number of hydrogen-bond donors (Lipinski definition) is 0. The van der Waals surface area contributed by atoms with Gasteiger partial charge in [-0.1, -0.05) is 36.4 Å². The second kappa shape index (κ2) is 10.3. The molecule has 0 bridgehead atoms. The minimum absolute atomic E-state index is 0.0471. The van der Waals surface area contributed by atoms with E-state index in [1.807, 2.05) is 42.5 Å². The number of carbonyl (C=O) groups excluding carboxylic acids is 1. The Hall–Kier alpha value is -4.32. The van der Waals surface area contributed by atoms with Gasteiger partial charge in [0.25, 0.3) is 0 Å². The number of ether oxygens (including phenoxy) is 3. The Kier molecular flexibility index (Phi) is 6.85. The maximum atomic E-state index is 12.8. The topological polar surface area (TPSA) is 75.0 Å². The van der Waals surface area contributed by atoms with Crippen LogP contribution in [0.1, 0.15) is 22.8 Å². The summed E-state index contributed by atoms with van der Waals surface area (Å²) in [5.41, 5.74) is 1.59. The lowest BCUT2D eigenvalue weighted by Crippen LogP contribution is -2.06. The van der Waals surface area contributed by atoms with Gasteiger partial charge in [0.2, 0.25) is 11.2 Å². The summed E-state index contributed by atoms with van der Waals surface area (Å²) in [6, 6.07) is 21.3. The number of carbonyl (C=O) groups is 1. The Morgan fingerprint density at radius 2 is 1.73 bits per heavy atom. The predicted octanol–water partition coefficient (Wildman–Crippen LogP) is 5.85. The third-order valence-corrected chi connectivity index (χ3v) is 4.76. The van der Waals surface area contributed by atoms with E-state index in [9.17, 15) is 9.59 Å². The van der Waals surface area contributed by atoms with Crippen molar-refractivity contribution in [3.63, 3.8) is 0 Å². The zero-order valence-electron chi connectivity index (χ0n) is 18.0. The van der Waals surface area contributed by atoms with Gasteiger partial charge in [0.05, 0.1) is 17.6 Å². The molecule has 6 nitrogen and oxygen atoms in total. The van der Waals surface area contributed by atoms with Crippen LogP contribution in [0.25, 0.3) is 17.0 Å². The van der Waals surface area contributed by atoms with Crippen LogP contribution in [-0.2, 0) is 4.74 Å². The Morgan fingerprint density at radius 1 is 0.970 bits per heavy atom. The van der Waals surface area contributed by atoms with Crippen molar-refractivity contribution in [2.75, 3.05) is 13.2 Å². The number of fused-ring (bicyclic) bond motifs is 1. The lowest BCUT2D eigenvalue weighted by molar-refractivity contribution is 0.0526. The van der Waals surface area contributed by atoms with E-state index in [1.165, 1.54) is 6.26 Å². The van der Waals surface area contributed by atoms with Crippen LogP contribution in [0, 0.1) is 0 Å². The molecule has 3 aromatic carbocycles. The Labute approximate surface area is 190 Å². The second-order valence-corrected chi connectivity index (χ2v) is 7.06. The van der Waals surface area contributed by atoms with Crippen LogP contribution < -0.4 is 14.9 Å². The number of hydrogen-bond acceptors (Lipinski definition) is 6. The number of esters is 1. The van der Waals surface area contributed by atoms with Crippen LogP contribution >= 0.6 is 0 Å². The first kappa shape index (κ1) is 21.9. The van der Waals surface area contributed by atoms with Gasteiger partial charge in [0.15, 0.2) is 0 Å². The molecule has 6 heteroatoms. The summed E-state index contributed by atoms with van der Waals surface area (Å²) in [4.78, 5) is 24.6. The molecule has 0 aliphatic rings. The molecule has 1 heterocycles. The van der Waals surface area contributed by atoms with Crippen molar-refractivity contribution >= 4 is 23.0 Å². The molecule has 0 aliphatic carbocycles. The highest BCUT2D eigenvalue weighted by atomic mass is 16.5. The normalized spacial score (nSPS) is 10.9. The number of benzene rings is 3. The van der Waals surface area contributed by atoms with Crippen molar-refractivity contribution in [3.8, 4) is 17.2 Å². The first-order chi connectivity index (χ1) is 16.1. The monoisotopic (exact) mass is 442 g/mol. The fourth-order valence-electron chi connectivity index (χ4n) is 3.14. The minimum Gasteiger partial charge on any atom is -0.489 e. The van der Waals surface area contributed by atoms with Crippen LogP contribution in [0.2, 0.25) is 0 Å². The Morgan fingerprint density at radius 3 is 2.48 bits per heavy atom. The van der Waals surface area contributed by atoms with Crippen molar-refractivity contribution in [2.45, 2.75) is 6.92 Å². The third kappa shape index (κ3) is 5.49. The third-order valence-electron chi connectivity index (χ3n) is 4.76. The molecule has 0 radical (unpaired) electrons. The quantitative estimate of drug-likeness (QED) is 0.319. The average molecular weight is 442 g/mol. The summed E-state index contributed by atoms with van der Waals surface area (Å²) < 4.78 is 22.0. The van der Waals surface area contributed by atoms with E-state index in [0.717, 1.165) is 5.56 Å². The van der Waals surface area contributed by atoms with E-state index in [0.29, 0.717) is 41.2 Å². The minimum atomic E-state index is -0.414.